The summed E-state index contributed by atoms with van der Waals surface area (Å²) >= 11 is 0. The highest BCUT2D eigenvalue weighted by Gasteiger charge is 2.40. The summed E-state index contributed by atoms with van der Waals surface area (Å²) in [6.07, 6.45) is 7.26. The Labute approximate surface area is 111 Å². The number of aliphatic hydroxyl groups is 2. The zero-order valence-electron chi connectivity index (χ0n) is 11.9. The Morgan fingerprint density at radius 3 is 2.39 bits per heavy atom. The molecule has 3 heteroatoms. The monoisotopic (exact) mass is 255 g/mol. The molecule has 2 N–H and O–H groups in total. The second kappa shape index (κ2) is 5.89. The van der Waals surface area contributed by atoms with E-state index in [9.17, 15) is 10.2 Å². The molecule has 0 aromatic carbocycles. The van der Waals surface area contributed by atoms with Crippen LogP contribution in [-0.4, -0.2) is 45.9 Å². The fourth-order valence-corrected chi connectivity index (χ4v) is 3.80. The minimum Gasteiger partial charge on any atom is -0.393 e. The van der Waals surface area contributed by atoms with Gasteiger partial charge in [0.2, 0.25) is 0 Å². The first-order valence-electron chi connectivity index (χ1n) is 7.74. The Kier molecular flexibility index (Phi) is 4.68. The SMILES string of the molecule is CCC(O)(CC)CN1CCCC1C1CCCC1O. The molecule has 1 saturated heterocycles. The van der Waals surface area contributed by atoms with Gasteiger partial charge < -0.3 is 10.2 Å². The van der Waals surface area contributed by atoms with Crippen molar-refractivity contribution >= 4 is 0 Å². The standard InChI is InChI=1S/C15H29NO2/c1-3-15(18,4-2)11-16-10-6-8-13(16)12-7-5-9-14(12)17/h12-14,17-18H,3-11H2,1-2H3. The van der Waals surface area contributed by atoms with Gasteiger partial charge in [0, 0.05) is 18.5 Å². The molecule has 1 aliphatic carbocycles. The molecule has 2 aliphatic rings. The van der Waals surface area contributed by atoms with E-state index in [1.807, 2.05) is 0 Å². The van der Waals surface area contributed by atoms with Crippen LogP contribution in [0.1, 0.15) is 58.8 Å². The van der Waals surface area contributed by atoms with Crippen molar-refractivity contribution in [3.05, 3.63) is 0 Å². The lowest BCUT2D eigenvalue weighted by Gasteiger charge is -2.37. The maximum atomic E-state index is 10.5. The summed E-state index contributed by atoms with van der Waals surface area (Å²) in [5, 5.41) is 20.6. The Morgan fingerprint density at radius 1 is 1.11 bits per heavy atom. The minimum atomic E-state index is -0.536. The summed E-state index contributed by atoms with van der Waals surface area (Å²) in [5.41, 5.74) is -0.536. The lowest BCUT2D eigenvalue weighted by Crippen LogP contribution is -2.47. The molecule has 3 atom stereocenters. The topological polar surface area (TPSA) is 43.7 Å². The van der Waals surface area contributed by atoms with E-state index in [4.69, 9.17) is 0 Å². The van der Waals surface area contributed by atoms with Gasteiger partial charge in [-0.25, -0.2) is 0 Å². The van der Waals surface area contributed by atoms with Crippen LogP contribution in [0.25, 0.3) is 0 Å². The quantitative estimate of drug-likeness (QED) is 0.791. The average Bonchev–Trinajstić information content (AvgIpc) is 2.97. The van der Waals surface area contributed by atoms with Crippen LogP contribution in [0.15, 0.2) is 0 Å². The van der Waals surface area contributed by atoms with Crippen molar-refractivity contribution in [2.45, 2.75) is 76.5 Å². The van der Waals surface area contributed by atoms with E-state index in [2.05, 4.69) is 18.7 Å². The van der Waals surface area contributed by atoms with E-state index in [0.29, 0.717) is 12.0 Å². The van der Waals surface area contributed by atoms with Gasteiger partial charge in [-0.2, -0.15) is 0 Å². The Morgan fingerprint density at radius 2 is 1.83 bits per heavy atom. The van der Waals surface area contributed by atoms with Crippen LogP contribution in [0.3, 0.4) is 0 Å². The summed E-state index contributed by atoms with van der Waals surface area (Å²) in [7, 11) is 0. The highest BCUT2D eigenvalue weighted by Crippen LogP contribution is 2.36. The number of likely N-dealkylation sites (tertiary alicyclic amines) is 1. The van der Waals surface area contributed by atoms with E-state index in [-0.39, 0.29) is 6.10 Å². The summed E-state index contributed by atoms with van der Waals surface area (Å²) in [4.78, 5) is 2.45. The van der Waals surface area contributed by atoms with Crippen molar-refractivity contribution in [3.8, 4) is 0 Å². The Bertz CT molecular complexity index is 265. The van der Waals surface area contributed by atoms with Crippen molar-refractivity contribution < 1.29 is 10.2 Å². The summed E-state index contributed by atoms with van der Waals surface area (Å²) in [5.74, 6) is 0.450. The number of aliphatic hydroxyl groups excluding tert-OH is 1. The first-order chi connectivity index (χ1) is 8.59. The van der Waals surface area contributed by atoms with Gasteiger partial charge in [0.05, 0.1) is 11.7 Å². The molecule has 0 radical (unpaired) electrons. The van der Waals surface area contributed by atoms with Gasteiger partial charge >= 0.3 is 0 Å². The van der Waals surface area contributed by atoms with Crippen LogP contribution in [-0.2, 0) is 0 Å². The molecule has 18 heavy (non-hydrogen) atoms. The van der Waals surface area contributed by atoms with Crippen LogP contribution in [0.4, 0.5) is 0 Å². The zero-order chi connectivity index (χ0) is 13.2. The fraction of sp³-hybridized carbons (Fsp3) is 1.00. The normalized spacial score (nSPS) is 34.3. The second-order valence-corrected chi connectivity index (χ2v) is 6.27. The van der Waals surface area contributed by atoms with Gasteiger partial charge in [0.1, 0.15) is 0 Å². The third-order valence-electron chi connectivity index (χ3n) is 5.25. The van der Waals surface area contributed by atoms with Crippen LogP contribution in [0.2, 0.25) is 0 Å². The maximum Gasteiger partial charge on any atom is 0.0769 e. The van der Waals surface area contributed by atoms with Gasteiger partial charge in [0.25, 0.3) is 0 Å². The number of β-amino-alcohol motifs (C(OH)–C–C–N with tert-alkyl or cyclic N) is 1. The molecule has 1 aliphatic heterocycles. The molecule has 0 spiro atoms. The van der Waals surface area contributed by atoms with Crippen LogP contribution in [0.5, 0.6) is 0 Å². The molecule has 0 bridgehead atoms. The lowest BCUT2D eigenvalue weighted by molar-refractivity contribution is -0.0209. The Hall–Kier alpha value is -0.120. The molecule has 2 fully saturated rings. The molecule has 106 valence electrons. The van der Waals surface area contributed by atoms with E-state index in [1.54, 1.807) is 0 Å². The highest BCUT2D eigenvalue weighted by molar-refractivity contribution is 4.94. The molecule has 3 nitrogen and oxygen atoms in total. The molecule has 1 saturated carbocycles. The fourth-order valence-electron chi connectivity index (χ4n) is 3.80. The molecule has 0 aromatic rings. The van der Waals surface area contributed by atoms with Crippen LogP contribution < -0.4 is 0 Å². The van der Waals surface area contributed by atoms with Crippen LogP contribution >= 0.6 is 0 Å². The predicted octanol–water partition coefficient (Wildman–Crippen LogP) is 2.16. The summed E-state index contributed by atoms with van der Waals surface area (Å²) in [6.45, 7) is 6.02. The smallest absolute Gasteiger partial charge is 0.0769 e. The summed E-state index contributed by atoms with van der Waals surface area (Å²) in [6, 6.07) is 0.507. The number of rotatable bonds is 5. The van der Waals surface area contributed by atoms with Crippen molar-refractivity contribution in [2.75, 3.05) is 13.1 Å². The first-order valence-corrected chi connectivity index (χ1v) is 7.74. The second-order valence-electron chi connectivity index (χ2n) is 6.27. The van der Waals surface area contributed by atoms with Gasteiger partial charge in [-0.1, -0.05) is 20.3 Å². The molecular formula is C15H29NO2. The number of hydrogen-bond donors (Lipinski definition) is 2. The number of hydrogen-bond acceptors (Lipinski definition) is 3. The lowest BCUT2D eigenvalue weighted by atomic mass is 9.91. The van der Waals surface area contributed by atoms with Crippen molar-refractivity contribution in [1.29, 1.82) is 0 Å². The maximum absolute atomic E-state index is 10.5. The average molecular weight is 255 g/mol. The third kappa shape index (κ3) is 2.89. The largest absolute Gasteiger partial charge is 0.393 e. The van der Waals surface area contributed by atoms with Gasteiger partial charge in [-0.3, -0.25) is 4.90 Å². The molecule has 1 heterocycles. The molecule has 3 unspecified atom stereocenters. The molecule has 2 rings (SSSR count). The van der Waals surface area contributed by atoms with Crippen molar-refractivity contribution in [1.82, 2.24) is 4.90 Å². The predicted molar refractivity (Wildman–Crippen MR) is 73.5 cm³/mol. The minimum absolute atomic E-state index is 0.105. The third-order valence-corrected chi connectivity index (χ3v) is 5.25. The van der Waals surface area contributed by atoms with E-state index < -0.39 is 5.60 Å². The highest BCUT2D eigenvalue weighted by atomic mass is 16.3. The summed E-state index contributed by atoms with van der Waals surface area (Å²) < 4.78 is 0. The molecule has 0 amide bonds. The van der Waals surface area contributed by atoms with E-state index >= 15 is 0 Å². The van der Waals surface area contributed by atoms with Gasteiger partial charge in [-0.15, -0.1) is 0 Å². The zero-order valence-corrected chi connectivity index (χ0v) is 11.9. The first kappa shape index (κ1) is 14.3. The van der Waals surface area contributed by atoms with Crippen molar-refractivity contribution in [2.24, 2.45) is 5.92 Å². The van der Waals surface area contributed by atoms with Crippen LogP contribution in [0, 0.1) is 5.92 Å². The van der Waals surface area contributed by atoms with Gasteiger partial charge in [0.15, 0.2) is 0 Å². The van der Waals surface area contributed by atoms with E-state index in [0.717, 1.165) is 32.4 Å². The molecule has 0 aromatic heterocycles. The van der Waals surface area contributed by atoms with Gasteiger partial charge in [-0.05, 0) is 45.1 Å². The van der Waals surface area contributed by atoms with E-state index in [1.165, 1.54) is 25.7 Å². The number of nitrogens with zero attached hydrogens (tertiary/aromatic N) is 1. The molecular weight excluding hydrogens is 226 g/mol. The Balaban J connectivity index is 1.99. The van der Waals surface area contributed by atoms with Crippen molar-refractivity contribution in [3.63, 3.8) is 0 Å².